The van der Waals surface area contributed by atoms with Crippen molar-refractivity contribution < 1.29 is 9.84 Å². The summed E-state index contributed by atoms with van der Waals surface area (Å²) in [6.45, 7) is 3.06. The van der Waals surface area contributed by atoms with E-state index in [-0.39, 0.29) is 6.10 Å². The Morgan fingerprint density at radius 1 is 1.15 bits per heavy atom. The van der Waals surface area contributed by atoms with Crippen LogP contribution in [0.4, 0.5) is 0 Å². The molecule has 2 aromatic rings. The molecule has 1 aromatic heterocycles. The van der Waals surface area contributed by atoms with Gasteiger partial charge in [0.05, 0.1) is 18.8 Å². The number of hydrogen-bond acceptors (Lipinski definition) is 4. The van der Waals surface area contributed by atoms with Gasteiger partial charge in [0.25, 0.3) is 0 Å². The molecule has 1 aliphatic rings. The van der Waals surface area contributed by atoms with Crippen molar-refractivity contribution in [1.82, 2.24) is 5.32 Å². The second-order valence-electron chi connectivity index (χ2n) is 7.24. The summed E-state index contributed by atoms with van der Waals surface area (Å²) in [7, 11) is 0. The van der Waals surface area contributed by atoms with E-state index in [0.29, 0.717) is 25.1 Å². The molecule has 0 saturated heterocycles. The standard InChI is InChI=1S/C22H31NO2S/c1-2-20(17-9-4-3-5-10-17)25-16-19(24)15-23-22(18-11-6-7-12-18)21-13-8-14-26-21/h3-5,8-10,13-14,18-20,22-24H,2,6-7,11-12,15-16H2,1H3. The van der Waals surface area contributed by atoms with Gasteiger partial charge in [0.2, 0.25) is 0 Å². The van der Waals surface area contributed by atoms with Crippen molar-refractivity contribution in [3.63, 3.8) is 0 Å². The predicted molar refractivity (Wildman–Crippen MR) is 108 cm³/mol. The molecule has 1 saturated carbocycles. The topological polar surface area (TPSA) is 41.5 Å². The smallest absolute Gasteiger partial charge is 0.0898 e. The highest BCUT2D eigenvalue weighted by molar-refractivity contribution is 7.10. The van der Waals surface area contributed by atoms with E-state index in [1.165, 1.54) is 36.1 Å². The number of thiophene rings is 1. The van der Waals surface area contributed by atoms with Gasteiger partial charge in [0.15, 0.2) is 0 Å². The molecule has 3 unspecified atom stereocenters. The molecular weight excluding hydrogens is 342 g/mol. The normalized spacial score (nSPS) is 18.7. The summed E-state index contributed by atoms with van der Waals surface area (Å²) < 4.78 is 6.00. The van der Waals surface area contributed by atoms with Crippen molar-refractivity contribution >= 4 is 11.3 Å². The number of rotatable bonds is 10. The lowest BCUT2D eigenvalue weighted by atomic mass is 9.96. The summed E-state index contributed by atoms with van der Waals surface area (Å²) in [4.78, 5) is 1.39. The van der Waals surface area contributed by atoms with E-state index in [0.717, 1.165) is 6.42 Å². The Morgan fingerprint density at radius 3 is 2.58 bits per heavy atom. The van der Waals surface area contributed by atoms with Gasteiger partial charge in [-0.3, -0.25) is 0 Å². The quantitative estimate of drug-likeness (QED) is 0.609. The van der Waals surface area contributed by atoms with Gasteiger partial charge < -0.3 is 15.2 Å². The summed E-state index contributed by atoms with van der Waals surface area (Å²) in [6, 6.07) is 15.0. The fourth-order valence-corrected chi connectivity index (χ4v) is 4.82. The molecule has 2 N–H and O–H groups in total. The van der Waals surface area contributed by atoms with Crippen molar-refractivity contribution in [2.45, 2.75) is 57.3 Å². The maximum atomic E-state index is 10.4. The van der Waals surface area contributed by atoms with E-state index in [2.05, 4.69) is 41.9 Å². The van der Waals surface area contributed by atoms with Crippen molar-refractivity contribution in [1.29, 1.82) is 0 Å². The van der Waals surface area contributed by atoms with Gasteiger partial charge in [0, 0.05) is 17.5 Å². The third-order valence-electron chi connectivity index (χ3n) is 5.33. The third-order valence-corrected chi connectivity index (χ3v) is 6.28. The van der Waals surface area contributed by atoms with Gasteiger partial charge >= 0.3 is 0 Å². The Hall–Kier alpha value is -1.20. The molecule has 0 spiro atoms. The van der Waals surface area contributed by atoms with Crippen LogP contribution in [-0.4, -0.2) is 24.4 Å². The summed E-state index contributed by atoms with van der Waals surface area (Å²) in [5, 5.41) is 16.2. The lowest BCUT2D eigenvalue weighted by molar-refractivity contribution is -0.0127. The molecule has 142 valence electrons. The van der Waals surface area contributed by atoms with Crippen LogP contribution in [0.3, 0.4) is 0 Å². The average molecular weight is 374 g/mol. The van der Waals surface area contributed by atoms with Crippen LogP contribution in [0.15, 0.2) is 47.8 Å². The number of ether oxygens (including phenoxy) is 1. The van der Waals surface area contributed by atoms with Crippen LogP contribution in [0.2, 0.25) is 0 Å². The number of nitrogens with one attached hydrogen (secondary N) is 1. The first-order valence-corrected chi connectivity index (χ1v) is 10.8. The molecule has 0 bridgehead atoms. The van der Waals surface area contributed by atoms with Gasteiger partial charge in [-0.2, -0.15) is 0 Å². The van der Waals surface area contributed by atoms with E-state index in [1.807, 2.05) is 29.5 Å². The van der Waals surface area contributed by atoms with Crippen LogP contribution in [0.25, 0.3) is 0 Å². The molecule has 3 atom stereocenters. The summed E-state index contributed by atoms with van der Waals surface area (Å²) in [5.41, 5.74) is 1.18. The maximum Gasteiger partial charge on any atom is 0.0898 e. The Kier molecular flexibility index (Phi) is 7.69. The first kappa shape index (κ1) is 19.6. The molecule has 3 rings (SSSR count). The minimum Gasteiger partial charge on any atom is -0.389 e. The molecule has 1 aromatic carbocycles. The predicted octanol–water partition coefficient (Wildman–Crippen LogP) is 5.10. The Balaban J connectivity index is 1.49. The zero-order chi connectivity index (χ0) is 18.2. The highest BCUT2D eigenvalue weighted by Gasteiger charge is 2.27. The summed E-state index contributed by atoms with van der Waals surface area (Å²) >= 11 is 1.81. The van der Waals surface area contributed by atoms with Crippen molar-refractivity contribution in [2.24, 2.45) is 5.92 Å². The molecule has 0 amide bonds. The lowest BCUT2D eigenvalue weighted by Crippen LogP contribution is -2.35. The second-order valence-corrected chi connectivity index (χ2v) is 8.22. The minimum absolute atomic E-state index is 0.0498. The van der Waals surface area contributed by atoms with Gasteiger partial charge in [0.1, 0.15) is 0 Å². The largest absolute Gasteiger partial charge is 0.389 e. The Bertz CT molecular complexity index is 610. The average Bonchev–Trinajstić information content (AvgIpc) is 3.38. The summed E-state index contributed by atoms with van der Waals surface area (Å²) in [6.07, 6.45) is 5.70. The molecule has 0 radical (unpaired) electrons. The molecule has 4 heteroatoms. The third kappa shape index (κ3) is 5.40. The van der Waals surface area contributed by atoms with Gasteiger partial charge in [-0.25, -0.2) is 0 Å². The molecular formula is C22H31NO2S. The van der Waals surface area contributed by atoms with E-state index < -0.39 is 6.10 Å². The Morgan fingerprint density at radius 2 is 1.92 bits per heavy atom. The maximum absolute atomic E-state index is 10.4. The monoisotopic (exact) mass is 373 g/mol. The van der Waals surface area contributed by atoms with Crippen LogP contribution >= 0.6 is 11.3 Å². The van der Waals surface area contributed by atoms with E-state index in [9.17, 15) is 5.11 Å². The number of aliphatic hydroxyl groups is 1. The number of hydrogen-bond donors (Lipinski definition) is 2. The van der Waals surface area contributed by atoms with Crippen LogP contribution < -0.4 is 5.32 Å². The van der Waals surface area contributed by atoms with Crippen LogP contribution in [0.5, 0.6) is 0 Å². The highest BCUT2D eigenvalue weighted by Crippen LogP contribution is 2.37. The van der Waals surface area contributed by atoms with Crippen molar-refractivity contribution in [3.05, 3.63) is 58.3 Å². The fourth-order valence-electron chi connectivity index (χ4n) is 3.93. The van der Waals surface area contributed by atoms with E-state index >= 15 is 0 Å². The van der Waals surface area contributed by atoms with Gasteiger partial charge in [-0.15, -0.1) is 11.3 Å². The van der Waals surface area contributed by atoms with Crippen molar-refractivity contribution in [3.8, 4) is 0 Å². The first-order valence-electron chi connectivity index (χ1n) is 9.89. The van der Waals surface area contributed by atoms with Gasteiger partial charge in [-0.05, 0) is 42.2 Å². The molecule has 0 aliphatic heterocycles. The Labute approximate surface area is 161 Å². The molecule has 1 fully saturated rings. The molecule has 3 nitrogen and oxygen atoms in total. The summed E-state index contributed by atoms with van der Waals surface area (Å²) in [5.74, 6) is 0.689. The molecule has 26 heavy (non-hydrogen) atoms. The molecule has 1 heterocycles. The minimum atomic E-state index is -0.489. The van der Waals surface area contributed by atoms with Crippen LogP contribution in [0.1, 0.15) is 61.6 Å². The number of benzene rings is 1. The highest BCUT2D eigenvalue weighted by atomic mass is 32.1. The van der Waals surface area contributed by atoms with E-state index in [1.54, 1.807) is 0 Å². The molecule has 1 aliphatic carbocycles. The zero-order valence-corrected chi connectivity index (χ0v) is 16.5. The SMILES string of the molecule is CCC(OCC(O)CNC(c1cccs1)C1CCCC1)c1ccccc1. The fraction of sp³-hybridized carbons (Fsp3) is 0.545. The van der Waals surface area contributed by atoms with Crippen LogP contribution in [-0.2, 0) is 4.74 Å². The lowest BCUT2D eigenvalue weighted by Gasteiger charge is -2.26. The van der Waals surface area contributed by atoms with Crippen LogP contribution in [0, 0.1) is 5.92 Å². The van der Waals surface area contributed by atoms with E-state index in [4.69, 9.17) is 4.74 Å². The van der Waals surface area contributed by atoms with Gasteiger partial charge in [-0.1, -0.05) is 56.2 Å². The zero-order valence-electron chi connectivity index (χ0n) is 15.6. The van der Waals surface area contributed by atoms with Crippen molar-refractivity contribution in [2.75, 3.05) is 13.2 Å². The number of aliphatic hydroxyl groups excluding tert-OH is 1. The first-order chi connectivity index (χ1) is 12.8. The second kappa shape index (κ2) is 10.2.